The molecule has 4 rings (SSSR count). The number of hydrogen-bond donors (Lipinski definition) is 1. The highest BCUT2D eigenvalue weighted by atomic mass is 32.2. The number of likely N-dealkylation sites (N-methyl/N-ethyl adjacent to an activating group) is 1. The van der Waals surface area contributed by atoms with Gasteiger partial charge in [0, 0.05) is 37.3 Å². The second kappa shape index (κ2) is 7.70. The molecule has 1 fully saturated rings. The molecular formula is C20H23N5OS. The number of fused-ring (bicyclic) bond motifs is 1. The number of anilines is 1. The van der Waals surface area contributed by atoms with E-state index < -0.39 is 0 Å². The molecule has 1 aromatic carbocycles. The molecule has 0 atom stereocenters. The molecule has 0 saturated carbocycles. The summed E-state index contributed by atoms with van der Waals surface area (Å²) in [6.45, 7) is 6.90. The first-order valence-electron chi connectivity index (χ1n) is 9.20. The molecule has 0 radical (unpaired) electrons. The molecule has 140 valence electrons. The molecule has 1 aliphatic heterocycles. The largest absolute Gasteiger partial charge is 0.340 e. The second-order valence-corrected chi connectivity index (χ2v) is 7.48. The maximum absolute atomic E-state index is 12.9. The van der Waals surface area contributed by atoms with Crippen molar-refractivity contribution >= 4 is 28.7 Å². The second-order valence-electron chi connectivity index (χ2n) is 6.60. The number of rotatable bonds is 4. The molecule has 2 aromatic heterocycles. The number of nitrogens with zero attached hydrogens (tertiary/aromatic N) is 4. The first-order chi connectivity index (χ1) is 13.2. The van der Waals surface area contributed by atoms with Crippen LogP contribution in [0.1, 0.15) is 6.92 Å². The van der Waals surface area contributed by atoms with E-state index in [2.05, 4.69) is 43.8 Å². The van der Waals surface area contributed by atoms with E-state index in [4.69, 9.17) is 0 Å². The molecule has 0 aliphatic carbocycles. The molecule has 0 amide bonds. The molecule has 0 bridgehead atoms. The molecule has 27 heavy (non-hydrogen) atoms. The van der Waals surface area contributed by atoms with Crippen LogP contribution in [-0.2, 0) is 0 Å². The number of aromatic amines is 1. The van der Waals surface area contributed by atoms with E-state index in [1.165, 1.54) is 4.90 Å². The predicted molar refractivity (Wildman–Crippen MR) is 112 cm³/mol. The Morgan fingerprint density at radius 3 is 2.52 bits per heavy atom. The molecule has 1 N–H and O–H groups in total. The van der Waals surface area contributed by atoms with Gasteiger partial charge in [0.05, 0.1) is 5.39 Å². The van der Waals surface area contributed by atoms with Gasteiger partial charge in [-0.05, 0) is 42.1 Å². The standard InChI is InChI=1S/C20H23N5OS/c1-3-24-10-12-25(13-11-24)20-22-18-17(19(26)23-20)16(8-9-21-18)14-4-6-15(27-2)7-5-14/h4-9H,3,10-13H2,1-2H3,(H,21,22,23,26). The number of benzene rings is 1. The van der Waals surface area contributed by atoms with Gasteiger partial charge in [0.2, 0.25) is 5.95 Å². The highest BCUT2D eigenvalue weighted by Crippen LogP contribution is 2.27. The van der Waals surface area contributed by atoms with Gasteiger partial charge in [-0.2, -0.15) is 4.98 Å². The third-order valence-corrected chi connectivity index (χ3v) is 5.86. The Kier molecular flexibility index (Phi) is 5.13. The lowest BCUT2D eigenvalue weighted by Gasteiger charge is -2.34. The Morgan fingerprint density at radius 1 is 1.11 bits per heavy atom. The van der Waals surface area contributed by atoms with Gasteiger partial charge < -0.3 is 9.80 Å². The van der Waals surface area contributed by atoms with E-state index >= 15 is 0 Å². The van der Waals surface area contributed by atoms with Crippen LogP contribution in [0.25, 0.3) is 22.2 Å². The summed E-state index contributed by atoms with van der Waals surface area (Å²) in [6.07, 6.45) is 3.78. The summed E-state index contributed by atoms with van der Waals surface area (Å²) < 4.78 is 0. The Hall–Kier alpha value is -2.38. The first kappa shape index (κ1) is 18.0. The zero-order valence-electron chi connectivity index (χ0n) is 15.6. The van der Waals surface area contributed by atoms with E-state index in [1.54, 1.807) is 18.0 Å². The fourth-order valence-corrected chi connectivity index (χ4v) is 3.90. The number of nitrogens with one attached hydrogen (secondary N) is 1. The Morgan fingerprint density at radius 2 is 1.85 bits per heavy atom. The third-order valence-electron chi connectivity index (χ3n) is 5.12. The average molecular weight is 382 g/mol. The zero-order chi connectivity index (χ0) is 18.8. The quantitative estimate of drug-likeness (QED) is 0.701. The normalized spacial score (nSPS) is 15.4. The van der Waals surface area contributed by atoms with E-state index in [1.807, 2.05) is 24.5 Å². The number of aromatic nitrogens is 3. The minimum atomic E-state index is -0.134. The summed E-state index contributed by atoms with van der Waals surface area (Å²) in [4.78, 5) is 30.6. The SMILES string of the molecule is CCN1CCN(c2nc3nccc(-c4ccc(SC)cc4)c3c(=O)[nH]2)CC1. The van der Waals surface area contributed by atoms with Crippen molar-refractivity contribution in [2.45, 2.75) is 11.8 Å². The van der Waals surface area contributed by atoms with Gasteiger partial charge in [0.25, 0.3) is 5.56 Å². The molecular weight excluding hydrogens is 358 g/mol. The minimum absolute atomic E-state index is 0.134. The fraction of sp³-hybridized carbons (Fsp3) is 0.350. The number of thioether (sulfide) groups is 1. The van der Waals surface area contributed by atoms with Gasteiger partial charge in [0.1, 0.15) is 0 Å². The van der Waals surface area contributed by atoms with E-state index in [0.717, 1.165) is 43.9 Å². The molecule has 0 spiro atoms. The van der Waals surface area contributed by atoms with Crippen molar-refractivity contribution in [3.8, 4) is 11.1 Å². The van der Waals surface area contributed by atoms with Crippen LogP contribution in [0.3, 0.4) is 0 Å². The van der Waals surface area contributed by atoms with E-state index in [-0.39, 0.29) is 5.56 Å². The van der Waals surface area contributed by atoms with Crippen LogP contribution < -0.4 is 10.5 Å². The zero-order valence-corrected chi connectivity index (χ0v) is 16.4. The Balaban J connectivity index is 1.73. The highest BCUT2D eigenvalue weighted by Gasteiger charge is 2.19. The van der Waals surface area contributed by atoms with Crippen LogP contribution in [0, 0.1) is 0 Å². The Bertz CT molecular complexity index is 993. The lowest BCUT2D eigenvalue weighted by atomic mass is 10.0. The molecule has 3 aromatic rings. The van der Waals surface area contributed by atoms with E-state index in [0.29, 0.717) is 17.0 Å². The first-order valence-corrected chi connectivity index (χ1v) is 10.4. The van der Waals surface area contributed by atoms with Crippen LogP contribution >= 0.6 is 11.8 Å². The summed E-state index contributed by atoms with van der Waals surface area (Å²) in [5.74, 6) is 0.616. The summed E-state index contributed by atoms with van der Waals surface area (Å²) in [5, 5.41) is 0.547. The molecule has 7 heteroatoms. The van der Waals surface area contributed by atoms with Crippen molar-refractivity contribution in [1.82, 2.24) is 19.9 Å². The van der Waals surface area contributed by atoms with Gasteiger partial charge in [-0.15, -0.1) is 11.8 Å². The smallest absolute Gasteiger partial charge is 0.262 e. The van der Waals surface area contributed by atoms with E-state index in [9.17, 15) is 4.79 Å². The number of H-pyrrole nitrogens is 1. The van der Waals surface area contributed by atoms with Gasteiger partial charge in [-0.3, -0.25) is 9.78 Å². The number of piperazine rings is 1. The van der Waals surface area contributed by atoms with Gasteiger partial charge >= 0.3 is 0 Å². The minimum Gasteiger partial charge on any atom is -0.340 e. The van der Waals surface area contributed by atoms with Gasteiger partial charge in [-0.1, -0.05) is 19.1 Å². The van der Waals surface area contributed by atoms with Crippen molar-refractivity contribution in [1.29, 1.82) is 0 Å². The monoisotopic (exact) mass is 381 g/mol. The van der Waals surface area contributed by atoms with Crippen molar-refractivity contribution in [3.05, 3.63) is 46.9 Å². The average Bonchev–Trinajstić information content (AvgIpc) is 2.73. The molecule has 1 aliphatic rings. The van der Waals surface area contributed by atoms with Crippen molar-refractivity contribution < 1.29 is 0 Å². The molecule has 1 saturated heterocycles. The van der Waals surface area contributed by atoms with Crippen LogP contribution in [0.5, 0.6) is 0 Å². The summed E-state index contributed by atoms with van der Waals surface area (Å²) >= 11 is 1.70. The lowest BCUT2D eigenvalue weighted by molar-refractivity contribution is 0.270. The van der Waals surface area contributed by atoms with Crippen LogP contribution in [-0.4, -0.2) is 58.8 Å². The molecule has 0 unspecified atom stereocenters. The summed E-state index contributed by atoms with van der Waals surface area (Å²) in [5.41, 5.74) is 2.23. The van der Waals surface area contributed by atoms with Crippen molar-refractivity contribution in [2.75, 3.05) is 43.9 Å². The van der Waals surface area contributed by atoms with Crippen LogP contribution in [0.15, 0.2) is 46.2 Å². The van der Waals surface area contributed by atoms with Crippen molar-refractivity contribution in [3.63, 3.8) is 0 Å². The van der Waals surface area contributed by atoms with Crippen LogP contribution in [0.4, 0.5) is 5.95 Å². The third kappa shape index (κ3) is 3.57. The predicted octanol–water partition coefficient (Wildman–Crippen LogP) is 2.85. The highest BCUT2D eigenvalue weighted by molar-refractivity contribution is 7.98. The van der Waals surface area contributed by atoms with Crippen molar-refractivity contribution in [2.24, 2.45) is 0 Å². The maximum Gasteiger partial charge on any atom is 0.262 e. The number of pyridine rings is 1. The number of hydrogen-bond acceptors (Lipinski definition) is 6. The van der Waals surface area contributed by atoms with Gasteiger partial charge in [0.15, 0.2) is 5.65 Å². The molecule has 6 nitrogen and oxygen atoms in total. The fourth-order valence-electron chi connectivity index (χ4n) is 3.49. The maximum atomic E-state index is 12.9. The lowest BCUT2D eigenvalue weighted by Crippen LogP contribution is -2.47. The molecule has 3 heterocycles. The Labute approximate surface area is 162 Å². The van der Waals surface area contributed by atoms with Gasteiger partial charge in [-0.25, -0.2) is 4.98 Å². The summed E-state index contributed by atoms with van der Waals surface area (Å²) in [6, 6.07) is 10.1. The topological polar surface area (TPSA) is 65.1 Å². The van der Waals surface area contributed by atoms with Crippen LogP contribution in [0.2, 0.25) is 0 Å². The summed E-state index contributed by atoms with van der Waals surface area (Å²) in [7, 11) is 0.